The van der Waals surface area contributed by atoms with E-state index in [1.165, 1.54) is 0 Å². The fourth-order valence-corrected chi connectivity index (χ4v) is 3.15. The van der Waals surface area contributed by atoms with Gasteiger partial charge in [0.2, 0.25) is 0 Å². The van der Waals surface area contributed by atoms with Crippen LogP contribution in [0.1, 0.15) is 43.1 Å². The molecule has 1 aromatic heterocycles. The summed E-state index contributed by atoms with van der Waals surface area (Å²) < 4.78 is 18.5. The standard InChI is InChI=1S/C21H28N2O4/c1-15-12-16(2)23(22-15)19-9-7-18(8-10-19)13-27-21(24)17(3)26-14-20-6-4-5-11-25-20/h7-10,12,17,20H,4-6,11,13-14H2,1-3H3. The summed E-state index contributed by atoms with van der Waals surface area (Å²) in [5.41, 5.74) is 3.98. The molecule has 0 amide bonds. The van der Waals surface area contributed by atoms with Crippen LogP contribution in [-0.2, 0) is 25.6 Å². The first-order valence-corrected chi connectivity index (χ1v) is 9.55. The smallest absolute Gasteiger partial charge is 0.335 e. The third kappa shape index (κ3) is 5.40. The van der Waals surface area contributed by atoms with Gasteiger partial charge in [-0.1, -0.05) is 12.1 Å². The van der Waals surface area contributed by atoms with Gasteiger partial charge in [-0.05, 0) is 63.8 Å². The van der Waals surface area contributed by atoms with Crippen molar-refractivity contribution in [3.63, 3.8) is 0 Å². The average molecular weight is 372 g/mol. The third-order valence-corrected chi connectivity index (χ3v) is 4.71. The Morgan fingerprint density at radius 2 is 2.07 bits per heavy atom. The fourth-order valence-electron chi connectivity index (χ4n) is 3.15. The summed E-state index contributed by atoms with van der Waals surface area (Å²) in [6, 6.07) is 9.88. The molecule has 3 rings (SSSR count). The Kier molecular flexibility index (Phi) is 6.63. The lowest BCUT2D eigenvalue weighted by Gasteiger charge is -2.23. The predicted molar refractivity (Wildman–Crippen MR) is 102 cm³/mol. The first kappa shape index (κ1) is 19.6. The summed E-state index contributed by atoms with van der Waals surface area (Å²) in [5, 5.41) is 4.47. The number of carbonyl (C=O) groups is 1. The van der Waals surface area contributed by atoms with E-state index in [1.807, 2.05) is 48.9 Å². The number of rotatable bonds is 7. The van der Waals surface area contributed by atoms with Crippen molar-refractivity contribution in [3.05, 3.63) is 47.3 Å². The molecule has 2 unspecified atom stereocenters. The Morgan fingerprint density at radius 3 is 2.70 bits per heavy atom. The molecule has 1 aromatic carbocycles. The fraction of sp³-hybridized carbons (Fsp3) is 0.524. The Balaban J connectivity index is 1.46. The Bertz CT molecular complexity index is 748. The molecule has 0 radical (unpaired) electrons. The van der Waals surface area contributed by atoms with Gasteiger partial charge >= 0.3 is 5.97 Å². The first-order chi connectivity index (χ1) is 13.0. The lowest BCUT2D eigenvalue weighted by atomic mass is 10.1. The molecule has 0 aliphatic carbocycles. The van der Waals surface area contributed by atoms with Gasteiger partial charge in [-0.15, -0.1) is 0 Å². The molecule has 0 N–H and O–H groups in total. The van der Waals surface area contributed by atoms with E-state index in [0.29, 0.717) is 6.61 Å². The SMILES string of the molecule is Cc1cc(C)n(-c2ccc(COC(=O)C(C)OCC3CCCCO3)cc2)n1. The molecule has 0 bridgehead atoms. The molecule has 2 heterocycles. The maximum Gasteiger partial charge on any atom is 0.335 e. The van der Waals surface area contributed by atoms with Crippen molar-refractivity contribution in [1.82, 2.24) is 9.78 Å². The van der Waals surface area contributed by atoms with E-state index in [9.17, 15) is 4.79 Å². The average Bonchev–Trinajstić information content (AvgIpc) is 3.03. The van der Waals surface area contributed by atoms with Crippen molar-refractivity contribution in [3.8, 4) is 5.69 Å². The van der Waals surface area contributed by atoms with Crippen molar-refractivity contribution >= 4 is 5.97 Å². The van der Waals surface area contributed by atoms with Crippen molar-refractivity contribution in [1.29, 1.82) is 0 Å². The van der Waals surface area contributed by atoms with Gasteiger partial charge in [0.05, 0.1) is 24.1 Å². The van der Waals surface area contributed by atoms with E-state index >= 15 is 0 Å². The summed E-state index contributed by atoms with van der Waals surface area (Å²) in [5.74, 6) is -0.353. The van der Waals surface area contributed by atoms with E-state index in [0.717, 1.165) is 48.5 Å². The van der Waals surface area contributed by atoms with Crippen molar-refractivity contribution in [2.75, 3.05) is 13.2 Å². The second-order valence-electron chi connectivity index (χ2n) is 7.08. The van der Waals surface area contributed by atoms with Crippen molar-refractivity contribution < 1.29 is 19.0 Å². The van der Waals surface area contributed by atoms with Gasteiger partial charge in [0.15, 0.2) is 6.10 Å². The zero-order valence-electron chi connectivity index (χ0n) is 16.3. The van der Waals surface area contributed by atoms with E-state index in [1.54, 1.807) is 6.92 Å². The summed E-state index contributed by atoms with van der Waals surface area (Å²) >= 11 is 0. The molecule has 6 nitrogen and oxygen atoms in total. The van der Waals surface area contributed by atoms with Gasteiger partial charge in [-0.3, -0.25) is 0 Å². The summed E-state index contributed by atoms with van der Waals surface area (Å²) in [7, 11) is 0. The summed E-state index contributed by atoms with van der Waals surface area (Å²) in [6.07, 6.45) is 2.75. The van der Waals surface area contributed by atoms with Crippen LogP contribution in [0.5, 0.6) is 0 Å². The highest BCUT2D eigenvalue weighted by Crippen LogP contribution is 2.15. The zero-order chi connectivity index (χ0) is 19.2. The zero-order valence-corrected chi connectivity index (χ0v) is 16.3. The number of esters is 1. The minimum atomic E-state index is -0.593. The highest BCUT2D eigenvalue weighted by Gasteiger charge is 2.20. The van der Waals surface area contributed by atoms with Crippen LogP contribution in [0.3, 0.4) is 0 Å². The Morgan fingerprint density at radius 1 is 1.30 bits per heavy atom. The van der Waals surface area contributed by atoms with Gasteiger partial charge in [0.1, 0.15) is 6.61 Å². The van der Waals surface area contributed by atoms with E-state index < -0.39 is 6.10 Å². The second kappa shape index (κ2) is 9.15. The number of hydrogen-bond donors (Lipinski definition) is 0. The number of nitrogens with zero attached hydrogens (tertiary/aromatic N) is 2. The number of carbonyl (C=O) groups excluding carboxylic acids is 1. The van der Waals surface area contributed by atoms with Gasteiger partial charge in [0.25, 0.3) is 0 Å². The number of hydrogen-bond acceptors (Lipinski definition) is 5. The molecule has 1 fully saturated rings. The number of ether oxygens (including phenoxy) is 3. The number of benzene rings is 1. The lowest BCUT2D eigenvalue weighted by Crippen LogP contribution is -2.30. The molecular weight excluding hydrogens is 344 g/mol. The van der Waals surface area contributed by atoms with Crippen molar-refractivity contribution in [2.24, 2.45) is 0 Å². The molecule has 0 spiro atoms. The van der Waals surface area contributed by atoms with Crippen LogP contribution in [0.15, 0.2) is 30.3 Å². The molecule has 2 atom stereocenters. The first-order valence-electron chi connectivity index (χ1n) is 9.55. The number of aryl methyl sites for hydroxylation is 2. The summed E-state index contributed by atoms with van der Waals surface area (Å²) in [6.45, 7) is 7.16. The largest absolute Gasteiger partial charge is 0.459 e. The molecule has 1 aliphatic rings. The van der Waals surface area contributed by atoms with Crippen molar-refractivity contribution in [2.45, 2.75) is 58.8 Å². The minimum Gasteiger partial charge on any atom is -0.459 e. The minimum absolute atomic E-state index is 0.0935. The van der Waals surface area contributed by atoms with Crippen LogP contribution >= 0.6 is 0 Å². The van der Waals surface area contributed by atoms with Crippen LogP contribution in [0.2, 0.25) is 0 Å². The van der Waals surface area contributed by atoms with Gasteiger partial charge in [0, 0.05) is 12.3 Å². The molecule has 0 saturated carbocycles. The van der Waals surface area contributed by atoms with Crippen LogP contribution in [-0.4, -0.2) is 41.2 Å². The molecule has 2 aromatic rings. The lowest BCUT2D eigenvalue weighted by molar-refractivity contribution is -0.160. The highest BCUT2D eigenvalue weighted by atomic mass is 16.6. The van der Waals surface area contributed by atoms with Gasteiger partial charge < -0.3 is 14.2 Å². The molecule has 146 valence electrons. The second-order valence-corrected chi connectivity index (χ2v) is 7.08. The number of aromatic nitrogens is 2. The molecule has 1 saturated heterocycles. The van der Waals surface area contributed by atoms with E-state index in [4.69, 9.17) is 14.2 Å². The van der Waals surface area contributed by atoms with Crippen LogP contribution in [0, 0.1) is 13.8 Å². The molecule has 6 heteroatoms. The van der Waals surface area contributed by atoms with E-state index in [-0.39, 0.29) is 18.7 Å². The predicted octanol–water partition coefficient (Wildman–Crippen LogP) is 3.51. The van der Waals surface area contributed by atoms with Crippen LogP contribution < -0.4 is 0 Å². The monoisotopic (exact) mass is 372 g/mol. The summed E-state index contributed by atoms with van der Waals surface area (Å²) in [4.78, 5) is 12.1. The topological polar surface area (TPSA) is 62.6 Å². The Labute approximate surface area is 160 Å². The molecule has 27 heavy (non-hydrogen) atoms. The van der Waals surface area contributed by atoms with E-state index in [2.05, 4.69) is 5.10 Å². The maximum absolute atomic E-state index is 12.1. The third-order valence-electron chi connectivity index (χ3n) is 4.71. The maximum atomic E-state index is 12.1. The quantitative estimate of drug-likeness (QED) is 0.696. The molecule has 1 aliphatic heterocycles. The molecular formula is C21H28N2O4. The van der Waals surface area contributed by atoms with Gasteiger partial charge in [-0.25, -0.2) is 9.48 Å². The highest BCUT2D eigenvalue weighted by molar-refractivity contribution is 5.74. The Hall–Kier alpha value is -2.18. The van der Waals surface area contributed by atoms with Gasteiger partial charge in [-0.2, -0.15) is 5.10 Å². The van der Waals surface area contributed by atoms with Crippen LogP contribution in [0.25, 0.3) is 5.69 Å². The van der Waals surface area contributed by atoms with Crippen LogP contribution in [0.4, 0.5) is 0 Å². The normalized spacial score (nSPS) is 18.3.